The Bertz CT molecular complexity index is 1040. The molecule has 2 aromatic rings. The summed E-state index contributed by atoms with van der Waals surface area (Å²) in [6, 6.07) is 12.3. The lowest BCUT2D eigenvalue weighted by Crippen LogP contribution is -2.43. The zero-order valence-corrected chi connectivity index (χ0v) is 20.7. The maximum atomic E-state index is 12.9. The monoisotopic (exact) mass is 463 g/mol. The number of para-hydroxylation sites is 1. The lowest BCUT2D eigenvalue weighted by Gasteiger charge is -2.32. The fraction of sp³-hybridized carbons (Fsp3) is 0.536. The molecule has 1 unspecified atom stereocenters. The standard InChI is InChI=1S/C28H37N3O3/c1-4-33-25-10-6-9-23-22(25)15-24(30-23)27(32)29-17-19-11-13-31(14-12-19)18-21-8-5-7-20-16-28(2,3)34-26(20)21/h5-10,19,24,30H,4,11-18H2,1-3H3,(H,29,32). The van der Waals surface area contributed by atoms with E-state index < -0.39 is 0 Å². The Morgan fingerprint density at radius 1 is 1.21 bits per heavy atom. The lowest BCUT2D eigenvalue weighted by atomic mass is 9.95. The van der Waals surface area contributed by atoms with Crippen molar-refractivity contribution in [3.63, 3.8) is 0 Å². The number of rotatable bonds is 7. The number of anilines is 1. The average molecular weight is 464 g/mol. The van der Waals surface area contributed by atoms with Crippen LogP contribution < -0.4 is 20.1 Å². The molecular formula is C28H37N3O3. The predicted molar refractivity (Wildman–Crippen MR) is 135 cm³/mol. The van der Waals surface area contributed by atoms with Gasteiger partial charge in [0, 0.05) is 42.7 Å². The van der Waals surface area contributed by atoms with Crippen LogP contribution in [0.4, 0.5) is 5.69 Å². The Morgan fingerprint density at radius 2 is 2.00 bits per heavy atom. The van der Waals surface area contributed by atoms with Gasteiger partial charge in [-0.2, -0.15) is 0 Å². The van der Waals surface area contributed by atoms with E-state index in [-0.39, 0.29) is 17.6 Å². The maximum Gasteiger partial charge on any atom is 0.242 e. The van der Waals surface area contributed by atoms with E-state index in [2.05, 4.69) is 47.6 Å². The van der Waals surface area contributed by atoms with Gasteiger partial charge in [0.2, 0.25) is 5.91 Å². The molecule has 2 aromatic carbocycles. The van der Waals surface area contributed by atoms with Crippen molar-refractivity contribution in [2.24, 2.45) is 5.92 Å². The van der Waals surface area contributed by atoms with E-state index in [0.717, 1.165) is 68.2 Å². The minimum Gasteiger partial charge on any atom is -0.494 e. The molecule has 1 atom stereocenters. The van der Waals surface area contributed by atoms with Crippen LogP contribution in [0.15, 0.2) is 36.4 Å². The van der Waals surface area contributed by atoms with Crippen molar-refractivity contribution in [2.45, 2.75) is 64.6 Å². The molecule has 6 nitrogen and oxygen atoms in total. The molecule has 5 rings (SSSR count). The lowest BCUT2D eigenvalue weighted by molar-refractivity contribution is -0.122. The summed E-state index contributed by atoms with van der Waals surface area (Å²) in [4.78, 5) is 15.4. The molecule has 6 heteroatoms. The van der Waals surface area contributed by atoms with Crippen LogP contribution in [0.2, 0.25) is 0 Å². The van der Waals surface area contributed by atoms with Gasteiger partial charge in [0.1, 0.15) is 23.1 Å². The first kappa shape index (κ1) is 23.0. The van der Waals surface area contributed by atoms with Crippen LogP contribution in [0, 0.1) is 5.92 Å². The molecular weight excluding hydrogens is 426 g/mol. The first-order valence-electron chi connectivity index (χ1n) is 12.7. The van der Waals surface area contributed by atoms with Crippen LogP contribution in [-0.2, 0) is 24.2 Å². The Kier molecular flexibility index (Phi) is 6.43. The smallest absolute Gasteiger partial charge is 0.242 e. The van der Waals surface area contributed by atoms with Gasteiger partial charge < -0.3 is 20.1 Å². The largest absolute Gasteiger partial charge is 0.494 e. The number of hydrogen-bond acceptors (Lipinski definition) is 5. The number of carbonyl (C=O) groups is 1. The number of piperidine rings is 1. The first-order valence-corrected chi connectivity index (χ1v) is 12.7. The highest BCUT2D eigenvalue weighted by Gasteiger charge is 2.33. The summed E-state index contributed by atoms with van der Waals surface area (Å²) in [5.74, 6) is 2.59. The molecule has 0 spiro atoms. The van der Waals surface area contributed by atoms with Crippen molar-refractivity contribution < 1.29 is 14.3 Å². The van der Waals surface area contributed by atoms with Crippen molar-refractivity contribution in [3.05, 3.63) is 53.1 Å². The highest BCUT2D eigenvalue weighted by molar-refractivity contribution is 5.88. The molecule has 0 saturated carbocycles. The van der Waals surface area contributed by atoms with Crippen LogP contribution in [0.3, 0.4) is 0 Å². The Balaban J connectivity index is 1.08. The molecule has 34 heavy (non-hydrogen) atoms. The van der Waals surface area contributed by atoms with Gasteiger partial charge in [-0.15, -0.1) is 0 Å². The molecule has 0 aliphatic carbocycles. The summed E-state index contributed by atoms with van der Waals surface area (Å²) in [6.45, 7) is 10.7. The number of carbonyl (C=O) groups excluding carboxylic acids is 1. The number of nitrogens with one attached hydrogen (secondary N) is 2. The van der Waals surface area contributed by atoms with Crippen molar-refractivity contribution in [3.8, 4) is 11.5 Å². The number of amides is 1. The third-order valence-corrected chi connectivity index (χ3v) is 7.33. The van der Waals surface area contributed by atoms with Crippen LogP contribution >= 0.6 is 0 Å². The molecule has 0 radical (unpaired) electrons. The van der Waals surface area contributed by atoms with E-state index in [1.807, 2.05) is 25.1 Å². The fourth-order valence-corrected chi connectivity index (χ4v) is 5.56. The predicted octanol–water partition coefficient (Wildman–Crippen LogP) is 4.16. The third-order valence-electron chi connectivity index (χ3n) is 7.33. The molecule has 0 bridgehead atoms. The zero-order valence-electron chi connectivity index (χ0n) is 20.7. The summed E-state index contributed by atoms with van der Waals surface area (Å²) in [5.41, 5.74) is 4.64. The fourth-order valence-electron chi connectivity index (χ4n) is 5.56. The first-order chi connectivity index (χ1) is 16.4. The minimum absolute atomic E-state index is 0.0840. The van der Waals surface area contributed by atoms with E-state index in [1.165, 1.54) is 11.1 Å². The number of likely N-dealkylation sites (tertiary alicyclic amines) is 1. The average Bonchev–Trinajstić information content (AvgIpc) is 3.39. The molecule has 1 fully saturated rings. The molecule has 1 saturated heterocycles. The Hall–Kier alpha value is -2.73. The number of hydrogen-bond donors (Lipinski definition) is 2. The highest BCUT2D eigenvalue weighted by atomic mass is 16.5. The highest BCUT2D eigenvalue weighted by Crippen LogP contribution is 2.38. The third kappa shape index (κ3) is 4.88. The summed E-state index contributed by atoms with van der Waals surface area (Å²) < 4.78 is 12.0. The number of fused-ring (bicyclic) bond motifs is 2. The molecule has 3 aliphatic heterocycles. The zero-order chi connectivity index (χ0) is 23.7. The van der Waals surface area contributed by atoms with Gasteiger partial charge in [0.15, 0.2) is 0 Å². The van der Waals surface area contributed by atoms with Crippen molar-refractivity contribution in [1.82, 2.24) is 10.2 Å². The van der Waals surface area contributed by atoms with Crippen molar-refractivity contribution in [2.75, 3.05) is 31.6 Å². The van der Waals surface area contributed by atoms with E-state index in [1.54, 1.807) is 0 Å². The summed E-state index contributed by atoms with van der Waals surface area (Å²) in [6.07, 6.45) is 3.87. The molecule has 0 aromatic heterocycles. The van der Waals surface area contributed by atoms with Gasteiger partial charge in [0.25, 0.3) is 0 Å². The van der Waals surface area contributed by atoms with Gasteiger partial charge in [-0.3, -0.25) is 9.69 Å². The maximum absolute atomic E-state index is 12.9. The van der Waals surface area contributed by atoms with Crippen LogP contribution in [0.25, 0.3) is 0 Å². The molecule has 2 N–H and O–H groups in total. The number of nitrogens with zero attached hydrogens (tertiary/aromatic N) is 1. The SMILES string of the molecule is CCOc1cccc2c1CC(C(=O)NCC1CCN(Cc3cccc4c3OC(C)(C)C4)CC1)N2. The molecule has 3 heterocycles. The molecule has 1 amide bonds. The minimum atomic E-state index is -0.221. The van der Waals surface area contributed by atoms with Crippen molar-refractivity contribution in [1.29, 1.82) is 0 Å². The summed E-state index contributed by atoms with van der Waals surface area (Å²) in [5, 5.41) is 6.58. The van der Waals surface area contributed by atoms with Crippen LogP contribution in [0.1, 0.15) is 50.3 Å². The van der Waals surface area contributed by atoms with Gasteiger partial charge >= 0.3 is 0 Å². The van der Waals surface area contributed by atoms with E-state index in [0.29, 0.717) is 18.9 Å². The van der Waals surface area contributed by atoms with Gasteiger partial charge in [-0.05, 0) is 70.3 Å². The molecule has 3 aliphatic rings. The van der Waals surface area contributed by atoms with Gasteiger partial charge in [-0.25, -0.2) is 0 Å². The summed E-state index contributed by atoms with van der Waals surface area (Å²) in [7, 11) is 0. The Labute approximate surface area is 203 Å². The van der Waals surface area contributed by atoms with E-state index in [4.69, 9.17) is 9.47 Å². The van der Waals surface area contributed by atoms with Crippen LogP contribution in [-0.4, -0.2) is 48.7 Å². The van der Waals surface area contributed by atoms with Crippen molar-refractivity contribution >= 4 is 11.6 Å². The number of ether oxygens (including phenoxy) is 2. The number of benzene rings is 2. The normalized spacial score (nSPS) is 21.3. The second-order valence-electron chi connectivity index (χ2n) is 10.5. The topological polar surface area (TPSA) is 62.8 Å². The Morgan fingerprint density at radius 3 is 2.79 bits per heavy atom. The summed E-state index contributed by atoms with van der Waals surface area (Å²) >= 11 is 0. The van der Waals surface area contributed by atoms with Gasteiger partial charge in [0.05, 0.1) is 6.61 Å². The van der Waals surface area contributed by atoms with Crippen LogP contribution in [0.5, 0.6) is 11.5 Å². The second kappa shape index (κ2) is 9.49. The van der Waals surface area contributed by atoms with E-state index in [9.17, 15) is 4.79 Å². The van der Waals surface area contributed by atoms with Gasteiger partial charge in [-0.1, -0.05) is 24.3 Å². The molecule has 182 valence electrons. The van der Waals surface area contributed by atoms with E-state index >= 15 is 0 Å². The second-order valence-corrected chi connectivity index (χ2v) is 10.5. The quantitative estimate of drug-likeness (QED) is 0.646.